The van der Waals surface area contributed by atoms with Crippen LogP contribution < -0.4 is 11.3 Å². The first-order valence-electron chi connectivity index (χ1n) is 6.00. The average molecular weight is 273 g/mol. The molecule has 0 aliphatic carbocycles. The van der Waals surface area contributed by atoms with E-state index in [-0.39, 0.29) is 10.5 Å². The molecule has 2 heterocycles. The molecule has 2 aromatic rings. The van der Waals surface area contributed by atoms with Gasteiger partial charge in [-0.25, -0.2) is 0 Å². The predicted octanol–water partition coefficient (Wildman–Crippen LogP) is 1.43. The van der Waals surface area contributed by atoms with Gasteiger partial charge in [0, 0.05) is 30.6 Å². The summed E-state index contributed by atoms with van der Waals surface area (Å²) in [6.45, 7) is 2.46. The van der Waals surface area contributed by atoms with Crippen molar-refractivity contribution in [3.05, 3.63) is 63.8 Å². The molecule has 0 saturated carbocycles. The molecule has 0 spiro atoms. The second-order valence-electron chi connectivity index (χ2n) is 4.28. The van der Waals surface area contributed by atoms with Crippen LogP contribution in [0.15, 0.2) is 41.3 Å². The maximum absolute atomic E-state index is 12.2. The molecule has 0 amide bonds. The number of thiocarbonyl (C=S) groups is 1. The lowest BCUT2D eigenvalue weighted by molar-refractivity contribution is 0.640. The van der Waals surface area contributed by atoms with Gasteiger partial charge in [0.25, 0.3) is 5.56 Å². The Kier molecular flexibility index (Phi) is 4.06. The highest BCUT2D eigenvalue weighted by atomic mass is 32.1. The molecule has 0 aliphatic heterocycles. The molecule has 0 aromatic carbocycles. The van der Waals surface area contributed by atoms with Crippen LogP contribution in [0.1, 0.15) is 17.0 Å². The number of aromatic nitrogens is 2. The summed E-state index contributed by atoms with van der Waals surface area (Å²) in [5.74, 6) is 0. The number of rotatable bonds is 4. The van der Waals surface area contributed by atoms with E-state index >= 15 is 0 Å². The Morgan fingerprint density at radius 1 is 1.37 bits per heavy atom. The van der Waals surface area contributed by atoms with Gasteiger partial charge in [-0.3, -0.25) is 9.78 Å². The minimum atomic E-state index is -0.136. The van der Waals surface area contributed by atoms with Crippen molar-refractivity contribution in [3.63, 3.8) is 0 Å². The highest BCUT2D eigenvalue weighted by Gasteiger charge is 2.08. The number of pyridine rings is 2. The Balaban J connectivity index is 2.28. The van der Waals surface area contributed by atoms with Crippen LogP contribution in [-0.4, -0.2) is 14.5 Å². The van der Waals surface area contributed by atoms with E-state index in [0.29, 0.717) is 18.5 Å². The van der Waals surface area contributed by atoms with Crippen molar-refractivity contribution in [1.29, 1.82) is 0 Å². The van der Waals surface area contributed by atoms with Crippen molar-refractivity contribution in [2.75, 3.05) is 0 Å². The molecule has 5 heteroatoms. The summed E-state index contributed by atoms with van der Waals surface area (Å²) in [5, 5.41) is 0. The summed E-state index contributed by atoms with van der Waals surface area (Å²) in [5.41, 5.74) is 7.64. The zero-order chi connectivity index (χ0) is 13.8. The molecule has 0 fully saturated rings. The number of nitrogens with zero attached hydrogens (tertiary/aromatic N) is 2. The number of hydrogen-bond donors (Lipinski definition) is 1. The van der Waals surface area contributed by atoms with Crippen LogP contribution in [0.5, 0.6) is 0 Å². The minimum absolute atomic E-state index is 0.136. The van der Waals surface area contributed by atoms with Gasteiger partial charge in [0.15, 0.2) is 0 Å². The summed E-state index contributed by atoms with van der Waals surface area (Å²) < 4.78 is 1.68. The van der Waals surface area contributed by atoms with Crippen LogP contribution in [0.4, 0.5) is 0 Å². The van der Waals surface area contributed by atoms with Gasteiger partial charge in [0.2, 0.25) is 0 Å². The Bertz CT molecular complexity index is 649. The second-order valence-corrected chi connectivity index (χ2v) is 4.72. The van der Waals surface area contributed by atoms with Gasteiger partial charge in [-0.1, -0.05) is 18.3 Å². The molecular weight excluding hydrogens is 258 g/mol. The smallest absolute Gasteiger partial charge is 0.260 e. The van der Waals surface area contributed by atoms with Crippen LogP contribution >= 0.6 is 12.2 Å². The number of nitrogens with two attached hydrogens (primary N) is 1. The normalized spacial score (nSPS) is 10.4. The molecular formula is C14H15N3OS. The zero-order valence-corrected chi connectivity index (χ0v) is 11.5. The number of hydrogen-bond acceptors (Lipinski definition) is 3. The van der Waals surface area contributed by atoms with E-state index in [1.54, 1.807) is 16.8 Å². The average Bonchev–Trinajstić information content (AvgIpc) is 2.39. The minimum Gasteiger partial charge on any atom is -0.389 e. The SMILES string of the molecule is Cc1ccc(C(N)=S)c(=O)n1CCc1ccccn1. The third kappa shape index (κ3) is 3.06. The summed E-state index contributed by atoms with van der Waals surface area (Å²) in [4.78, 5) is 16.6. The van der Waals surface area contributed by atoms with Gasteiger partial charge in [-0.2, -0.15) is 0 Å². The van der Waals surface area contributed by atoms with Gasteiger partial charge >= 0.3 is 0 Å². The highest BCUT2D eigenvalue weighted by molar-refractivity contribution is 7.80. The topological polar surface area (TPSA) is 60.9 Å². The quantitative estimate of drug-likeness (QED) is 0.856. The maximum atomic E-state index is 12.2. The van der Waals surface area contributed by atoms with Gasteiger partial charge in [-0.15, -0.1) is 0 Å². The van der Waals surface area contributed by atoms with Crippen molar-refractivity contribution >= 4 is 17.2 Å². The van der Waals surface area contributed by atoms with E-state index < -0.39 is 0 Å². The standard InChI is InChI=1S/C14H15N3OS/c1-10-5-6-12(13(15)19)14(18)17(10)9-7-11-4-2-3-8-16-11/h2-6,8H,7,9H2,1H3,(H2,15,19). The van der Waals surface area contributed by atoms with E-state index in [4.69, 9.17) is 18.0 Å². The first kappa shape index (κ1) is 13.4. The Morgan fingerprint density at radius 3 is 2.79 bits per heavy atom. The molecule has 0 aliphatic rings. The molecule has 0 unspecified atom stereocenters. The molecule has 2 aromatic heterocycles. The summed E-state index contributed by atoms with van der Waals surface area (Å²) in [6.07, 6.45) is 2.44. The lowest BCUT2D eigenvalue weighted by atomic mass is 10.2. The fraction of sp³-hybridized carbons (Fsp3) is 0.214. The van der Waals surface area contributed by atoms with E-state index in [1.807, 2.05) is 31.2 Å². The van der Waals surface area contributed by atoms with Crippen molar-refractivity contribution in [1.82, 2.24) is 9.55 Å². The molecule has 0 saturated heterocycles. The van der Waals surface area contributed by atoms with E-state index in [9.17, 15) is 4.79 Å². The molecule has 0 atom stereocenters. The molecule has 0 radical (unpaired) electrons. The molecule has 2 rings (SSSR count). The molecule has 2 N–H and O–H groups in total. The van der Waals surface area contributed by atoms with Gasteiger partial charge in [0.05, 0.1) is 5.56 Å². The molecule has 19 heavy (non-hydrogen) atoms. The molecule has 4 nitrogen and oxygen atoms in total. The fourth-order valence-electron chi connectivity index (χ4n) is 1.91. The largest absolute Gasteiger partial charge is 0.389 e. The number of aryl methyl sites for hydroxylation is 2. The van der Waals surface area contributed by atoms with Crippen molar-refractivity contribution < 1.29 is 0 Å². The van der Waals surface area contributed by atoms with Crippen molar-refractivity contribution in [2.24, 2.45) is 5.73 Å². The van der Waals surface area contributed by atoms with Crippen molar-refractivity contribution in [3.8, 4) is 0 Å². The van der Waals surface area contributed by atoms with Crippen LogP contribution in [0, 0.1) is 6.92 Å². The predicted molar refractivity (Wildman–Crippen MR) is 79.3 cm³/mol. The Hall–Kier alpha value is -2.01. The van der Waals surface area contributed by atoms with Crippen LogP contribution in [0.25, 0.3) is 0 Å². The zero-order valence-electron chi connectivity index (χ0n) is 10.7. The van der Waals surface area contributed by atoms with Gasteiger partial charge < -0.3 is 10.3 Å². The first-order valence-corrected chi connectivity index (χ1v) is 6.40. The van der Waals surface area contributed by atoms with Crippen LogP contribution in [-0.2, 0) is 13.0 Å². The highest BCUT2D eigenvalue weighted by Crippen LogP contribution is 2.02. The lowest BCUT2D eigenvalue weighted by Gasteiger charge is -2.11. The van der Waals surface area contributed by atoms with Crippen LogP contribution in [0.3, 0.4) is 0 Å². The van der Waals surface area contributed by atoms with Gasteiger partial charge in [-0.05, 0) is 31.2 Å². The first-order chi connectivity index (χ1) is 9.09. The van der Waals surface area contributed by atoms with Crippen LogP contribution in [0.2, 0.25) is 0 Å². The maximum Gasteiger partial charge on any atom is 0.260 e. The van der Waals surface area contributed by atoms with E-state index in [2.05, 4.69) is 4.98 Å². The molecule has 0 bridgehead atoms. The third-order valence-corrected chi connectivity index (χ3v) is 3.20. The third-order valence-electron chi connectivity index (χ3n) is 2.98. The summed E-state index contributed by atoms with van der Waals surface area (Å²) in [6, 6.07) is 9.28. The second kappa shape index (κ2) is 5.75. The monoisotopic (exact) mass is 273 g/mol. The fourth-order valence-corrected chi connectivity index (χ4v) is 2.06. The van der Waals surface area contributed by atoms with Gasteiger partial charge in [0.1, 0.15) is 4.99 Å². The Labute approximate surface area is 116 Å². The lowest BCUT2D eigenvalue weighted by Crippen LogP contribution is -2.30. The van der Waals surface area contributed by atoms with E-state index in [1.165, 1.54) is 0 Å². The Morgan fingerprint density at radius 2 is 2.16 bits per heavy atom. The molecule has 98 valence electrons. The van der Waals surface area contributed by atoms with Crippen molar-refractivity contribution in [2.45, 2.75) is 19.9 Å². The summed E-state index contributed by atoms with van der Waals surface area (Å²) in [7, 11) is 0. The summed E-state index contributed by atoms with van der Waals surface area (Å²) >= 11 is 4.88. The van der Waals surface area contributed by atoms with E-state index in [0.717, 1.165) is 11.4 Å².